The largest absolute Gasteiger partial charge is 0.354 e. The van der Waals surface area contributed by atoms with Gasteiger partial charge in [0.15, 0.2) is 0 Å². The van der Waals surface area contributed by atoms with Crippen LogP contribution in [0.15, 0.2) is 69.8 Å². The molecule has 0 saturated heterocycles. The summed E-state index contributed by atoms with van der Waals surface area (Å²) in [5.41, 5.74) is 2.15. The highest BCUT2D eigenvalue weighted by Crippen LogP contribution is 2.20. The van der Waals surface area contributed by atoms with Crippen LogP contribution in [0.1, 0.15) is 73.7 Å². The molecule has 0 atom stereocenters. The molecule has 39 heavy (non-hydrogen) atoms. The van der Waals surface area contributed by atoms with Crippen molar-refractivity contribution in [1.82, 2.24) is 19.8 Å². The van der Waals surface area contributed by atoms with Crippen LogP contribution in [-0.2, 0) is 17.9 Å². The van der Waals surface area contributed by atoms with Gasteiger partial charge in [0.1, 0.15) is 6.54 Å². The lowest BCUT2D eigenvalue weighted by Crippen LogP contribution is -2.43. The second-order valence-corrected chi connectivity index (χ2v) is 10.6. The number of carbonyl (C=O) groups is 2. The Morgan fingerprint density at radius 3 is 2.41 bits per heavy atom. The molecule has 8 nitrogen and oxygen atoms in total. The lowest BCUT2D eigenvalue weighted by Gasteiger charge is -2.15. The number of nitrogens with zero attached hydrogens (tertiary/aromatic N) is 2. The molecule has 2 N–H and O–H groups in total. The molecular formula is C31H36N4O4. The first-order valence-electron chi connectivity index (χ1n) is 14.1. The van der Waals surface area contributed by atoms with Gasteiger partial charge in [-0.05, 0) is 74.8 Å². The molecule has 0 unspecified atom stereocenters. The van der Waals surface area contributed by atoms with Crippen LogP contribution in [0.5, 0.6) is 0 Å². The van der Waals surface area contributed by atoms with E-state index in [2.05, 4.69) is 16.7 Å². The van der Waals surface area contributed by atoms with Crippen LogP contribution in [0.2, 0.25) is 0 Å². The molecular weight excluding hydrogens is 492 g/mol. The number of carbonyl (C=O) groups excluding carboxylic acids is 2. The number of rotatable bonds is 9. The van der Waals surface area contributed by atoms with Crippen molar-refractivity contribution in [3.63, 3.8) is 0 Å². The van der Waals surface area contributed by atoms with Crippen LogP contribution in [0.4, 0.5) is 0 Å². The van der Waals surface area contributed by atoms with Crippen molar-refractivity contribution in [2.24, 2.45) is 0 Å². The maximum absolute atomic E-state index is 13.5. The molecule has 2 amide bonds. The first kappa shape index (κ1) is 26.7. The summed E-state index contributed by atoms with van der Waals surface area (Å²) in [5.74, 6) is -0.369. The number of aromatic nitrogens is 2. The number of fused-ring (bicyclic) bond motifs is 1. The van der Waals surface area contributed by atoms with E-state index < -0.39 is 11.2 Å². The van der Waals surface area contributed by atoms with Gasteiger partial charge in [-0.1, -0.05) is 48.8 Å². The maximum atomic E-state index is 13.5. The monoisotopic (exact) mass is 528 g/mol. The number of hydrogen-bond acceptors (Lipinski definition) is 4. The lowest BCUT2D eigenvalue weighted by atomic mass is 9.97. The molecule has 0 spiro atoms. The average Bonchev–Trinajstić information content (AvgIpc) is 3.47. The minimum absolute atomic E-state index is 0.0444. The molecule has 1 heterocycles. The minimum atomic E-state index is -0.535. The van der Waals surface area contributed by atoms with Crippen LogP contribution < -0.4 is 21.9 Å². The zero-order chi connectivity index (χ0) is 27.2. The highest BCUT2D eigenvalue weighted by molar-refractivity contribution is 5.94. The highest BCUT2D eigenvalue weighted by Gasteiger charge is 2.19. The van der Waals surface area contributed by atoms with Crippen molar-refractivity contribution in [3.8, 4) is 0 Å². The fraction of sp³-hybridized carbons (Fsp3) is 0.419. The van der Waals surface area contributed by atoms with Crippen LogP contribution >= 0.6 is 0 Å². The Morgan fingerprint density at radius 2 is 1.67 bits per heavy atom. The van der Waals surface area contributed by atoms with E-state index >= 15 is 0 Å². The Balaban J connectivity index is 1.33. The first-order chi connectivity index (χ1) is 19.0. The topological polar surface area (TPSA) is 102 Å². The zero-order valence-corrected chi connectivity index (χ0v) is 22.3. The van der Waals surface area contributed by atoms with Crippen molar-refractivity contribution >= 4 is 22.7 Å². The van der Waals surface area contributed by atoms with Gasteiger partial charge < -0.3 is 10.6 Å². The van der Waals surface area contributed by atoms with E-state index in [0.717, 1.165) is 55.1 Å². The van der Waals surface area contributed by atoms with Crippen LogP contribution in [-0.4, -0.2) is 33.5 Å². The Hall–Kier alpha value is -3.94. The molecule has 5 rings (SSSR count). The number of para-hydroxylation sites is 1. The van der Waals surface area contributed by atoms with Crippen LogP contribution in [0.3, 0.4) is 0 Å². The maximum Gasteiger partial charge on any atom is 0.332 e. The third-order valence-electron chi connectivity index (χ3n) is 7.83. The molecule has 204 valence electrons. The molecule has 2 aliphatic carbocycles. The summed E-state index contributed by atoms with van der Waals surface area (Å²) in [6, 6.07) is 14.1. The Bertz CT molecular complexity index is 1490. The van der Waals surface area contributed by atoms with Gasteiger partial charge in [-0.15, -0.1) is 0 Å². The van der Waals surface area contributed by atoms with E-state index in [4.69, 9.17) is 0 Å². The van der Waals surface area contributed by atoms with Crippen LogP contribution in [0, 0.1) is 0 Å². The standard InChI is InChI=1S/C31H36N4O4/c36-28(32-19-18-22-8-2-1-3-9-22)21-34-27-13-7-6-12-26(27)30(38)35(31(34)39)20-23-14-16-24(17-15-23)29(37)33-25-10-4-5-11-25/h6-8,12-17,25H,1-5,9-11,18-21H2,(H,32,36)(H,33,37). The number of amides is 2. The van der Waals surface area contributed by atoms with E-state index in [-0.39, 0.29) is 30.9 Å². The molecule has 1 aromatic heterocycles. The van der Waals surface area contributed by atoms with Crippen molar-refractivity contribution in [1.29, 1.82) is 0 Å². The summed E-state index contributed by atoms with van der Waals surface area (Å²) >= 11 is 0. The second kappa shape index (κ2) is 12.3. The van der Waals surface area contributed by atoms with E-state index in [0.29, 0.717) is 23.0 Å². The molecule has 1 fully saturated rings. The van der Waals surface area contributed by atoms with Crippen molar-refractivity contribution in [2.45, 2.75) is 76.9 Å². The first-order valence-corrected chi connectivity index (χ1v) is 14.1. The van der Waals surface area contributed by atoms with Gasteiger partial charge in [-0.2, -0.15) is 0 Å². The number of nitrogens with one attached hydrogen (secondary N) is 2. The van der Waals surface area contributed by atoms with Gasteiger partial charge in [-0.3, -0.25) is 23.5 Å². The molecule has 0 bridgehead atoms. The highest BCUT2D eigenvalue weighted by atomic mass is 16.2. The van der Waals surface area contributed by atoms with Gasteiger partial charge >= 0.3 is 5.69 Å². The third kappa shape index (κ3) is 6.38. The SMILES string of the molecule is O=C(Cn1c(=O)n(Cc2ccc(C(=O)NC3CCCC3)cc2)c(=O)c2ccccc21)NCCC1=CCCCC1. The van der Waals surface area contributed by atoms with Crippen molar-refractivity contribution < 1.29 is 9.59 Å². The van der Waals surface area contributed by atoms with Crippen LogP contribution in [0.25, 0.3) is 10.9 Å². The van der Waals surface area contributed by atoms with Crippen molar-refractivity contribution in [3.05, 3.63) is 92.1 Å². The van der Waals surface area contributed by atoms with Gasteiger partial charge in [0.05, 0.1) is 17.4 Å². The molecule has 1 saturated carbocycles. The summed E-state index contributed by atoms with van der Waals surface area (Å²) < 4.78 is 2.53. The zero-order valence-electron chi connectivity index (χ0n) is 22.3. The molecule has 2 aliphatic rings. The summed E-state index contributed by atoms with van der Waals surface area (Å²) in [7, 11) is 0. The quantitative estimate of drug-likeness (QED) is 0.412. The van der Waals surface area contributed by atoms with E-state index in [1.54, 1.807) is 48.5 Å². The van der Waals surface area contributed by atoms with E-state index in [1.165, 1.54) is 23.0 Å². The fourth-order valence-corrected chi connectivity index (χ4v) is 5.64. The summed E-state index contributed by atoms with van der Waals surface area (Å²) in [6.45, 7) is 0.402. The van der Waals surface area contributed by atoms with Gasteiger partial charge in [0.2, 0.25) is 5.91 Å². The predicted octanol–water partition coefficient (Wildman–Crippen LogP) is 3.89. The smallest absolute Gasteiger partial charge is 0.332 e. The third-order valence-corrected chi connectivity index (χ3v) is 7.83. The summed E-state index contributed by atoms with van der Waals surface area (Å²) in [6.07, 6.45) is 12.0. The summed E-state index contributed by atoms with van der Waals surface area (Å²) in [5, 5.41) is 6.38. The Labute approximate surface area is 227 Å². The van der Waals surface area contributed by atoms with E-state index in [9.17, 15) is 19.2 Å². The number of allylic oxidation sites excluding steroid dienone is 1. The average molecular weight is 529 g/mol. The van der Waals surface area contributed by atoms with Crippen molar-refractivity contribution in [2.75, 3.05) is 6.54 Å². The Kier molecular flexibility index (Phi) is 8.39. The second-order valence-electron chi connectivity index (χ2n) is 10.6. The molecule has 8 heteroatoms. The molecule has 0 aliphatic heterocycles. The molecule has 0 radical (unpaired) electrons. The van der Waals surface area contributed by atoms with E-state index in [1.807, 2.05) is 0 Å². The predicted molar refractivity (Wildman–Crippen MR) is 152 cm³/mol. The fourth-order valence-electron chi connectivity index (χ4n) is 5.64. The molecule has 3 aromatic rings. The Morgan fingerprint density at radius 1 is 0.897 bits per heavy atom. The number of hydrogen-bond donors (Lipinski definition) is 2. The van der Waals surface area contributed by atoms with Gasteiger partial charge in [0, 0.05) is 18.2 Å². The normalized spacial score (nSPS) is 15.7. The minimum Gasteiger partial charge on any atom is -0.354 e. The number of benzene rings is 2. The van der Waals surface area contributed by atoms with Gasteiger partial charge in [0.25, 0.3) is 11.5 Å². The lowest BCUT2D eigenvalue weighted by molar-refractivity contribution is -0.121. The summed E-state index contributed by atoms with van der Waals surface area (Å²) in [4.78, 5) is 52.2. The molecule has 2 aromatic carbocycles. The van der Waals surface area contributed by atoms with Gasteiger partial charge in [-0.25, -0.2) is 4.79 Å².